The van der Waals surface area contributed by atoms with Crippen LogP contribution in [0.4, 0.5) is 0 Å². The van der Waals surface area contributed by atoms with Crippen LogP contribution >= 0.6 is 0 Å². The van der Waals surface area contributed by atoms with Gasteiger partial charge in [0.2, 0.25) is 0 Å². The summed E-state index contributed by atoms with van der Waals surface area (Å²) in [7, 11) is 8.43. The van der Waals surface area contributed by atoms with Gasteiger partial charge in [0, 0.05) is 24.9 Å². The fourth-order valence-electron chi connectivity index (χ4n) is 2.46. The van der Waals surface area contributed by atoms with Gasteiger partial charge in [0.25, 0.3) is 5.84 Å². The molecule has 18 heavy (non-hydrogen) atoms. The number of nitrogens with zero attached hydrogens (tertiary/aromatic N) is 3. The number of allylic oxidation sites excluding steroid dienone is 1. The SMILES string of the molecule is CN(C)C(/C=C(\C1CC1)N1CCOCC1)=[N+](C)C. The molecule has 1 saturated heterocycles. The highest BCUT2D eigenvalue weighted by atomic mass is 16.5. The molecule has 4 nitrogen and oxygen atoms in total. The molecule has 2 rings (SSSR count). The number of morpholine rings is 1. The first kappa shape index (κ1) is 13.4. The fourth-order valence-corrected chi connectivity index (χ4v) is 2.46. The van der Waals surface area contributed by atoms with E-state index in [9.17, 15) is 0 Å². The molecule has 0 N–H and O–H groups in total. The van der Waals surface area contributed by atoms with Crippen molar-refractivity contribution >= 4 is 5.84 Å². The summed E-state index contributed by atoms with van der Waals surface area (Å²) in [5.41, 5.74) is 1.51. The van der Waals surface area contributed by atoms with Crippen LogP contribution in [0, 0.1) is 5.92 Å². The molecule has 1 aliphatic carbocycles. The first-order valence-electron chi connectivity index (χ1n) is 6.85. The van der Waals surface area contributed by atoms with Crippen molar-refractivity contribution in [1.82, 2.24) is 9.80 Å². The maximum atomic E-state index is 5.45. The van der Waals surface area contributed by atoms with Crippen molar-refractivity contribution < 1.29 is 9.31 Å². The van der Waals surface area contributed by atoms with Crippen LogP contribution in [0.25, 0.3) is 0 Å². The van der Waals surface area contributed by atoms with Crippen molar-refractivity contribution in [3.05, 3.63) is 11.8 Å². The van der Waals surface area contributed by atoms with Crippen LogP contribution in [0.5, 0.6) is 0 Å². The quantitative estimate of drug-likeness (QED) is 0.421. The number of ether oxygens (including phenoxy) is 1. The van der Waals surface area contributed by atoms with E-state index in [-0.39, 0.29) is 0 Å². The Hall–Kier alpha value is -1.03. The number of hydrogen-bond donors (Lipinski definition) is 0. The molecule has 0 spiro atoms. The van der Waals surface area contributed by atoms with Crippen LogP contribution in [0.1, 0.15) is 12.8 Å². The van der Waals surface area contributed by atoms with Crippen molar-refractivity contribution in [2.45, 2.75) is 12.8 Å². The Bertz CT molecular complexity index is 346. The van der Waals surface area contributed by atoms with Crippen molar-refractivity contribution in [3.63, 3.8) is 0 Å². The van der Waals surface area contributed by atoms with E-state index in [0.29, 0.717) is 0 Å². The second kappa shape index (κ2) is 5.74. The van der Waals surface area contributed by atoms with Crippen molar-refractivity contribution in [1.29, 1.82) is 0 Å². The van der Waals surface area contributed by atoms with E-state index in [1.165, 1.54) is 24.4 Å². The third-order valence-corrected chi connectivity index (χ3v) is 3.57. The highest BCUT2D eigenvalue weighted by Crippen LogP contribution is 2.38. The van der Waals surface area contributed by atoms with E-state index >= 15 is 0 Å². The van der Waals surface area contributed by atoms with Crippen molar-refractivity contribution in [2.75, 3.05) is 54.5 Å². The van der Waals surface area contributed by atoms with Gasteiger partial charge in [-0.3, -0.25) is 9.48 Å². The standard InChI is InChI=1S/C14H26N3O/c1-15(2)14(16(3)4)11-13(12-5-6-12)17-7-9-18-10-8-17/h11-12H,5-10H2,1-4H3/q+1. The third-order valence-electron chi connectivity index (χ3n) is 3.57. The van der Waals surface area contributed by atoms with Gasteiger partial charge in [-0.2, -0.15) is 0 Å². The second-order valence-electron chi connectivity index (χ2n) is 5.59. The van der Waals surface area contributed by atoms with Crippen molar-refractivity contribution in [2.24, 2.45) is 5.92 Å². The van der Waals surface area contributed by atoms with Crippen LogP contribution in [-0.4, -0.2) is 74.7 Å². The molecular formula is C14H26N3O+. The first-order valence-corrected chi connectivity index (χ1v) is 6.85. The minimum Gasteiger partial charge on any atom is -0.378 e. The molecule has 0 atom stereocenters. The molecule has 0 bridgehead atoms. The Morgan fingerprint density at radius 3 is 2.28 bits per heavy atom. The molecule has 1 saturated carbocycles. The highest BCUT2D eigenvalue weighted by molar-refractivity contribution is 5.89. The molecular weight excluding hydrogens is 226 g/mol. The second-order valence-corrected chi connectivity index (χ2v) is 5.59. The summed E-state index contributed by atoms with van der Waals surface area (Å²) in [6.07, 6.45) is 5.05. The predicted octanol–water partition coefficient (Wildman–Crippen LogP) is 0.845. The molecule has 2 aliphatic rings. The van der Waals surface area contributed by atoms with Gasteiger partial charge in [0.1, 0.15) is 0 Å². The predicted molar refractivity (Wildman–Crippen MR) is 74.0 cm³/mol. The molecule has 0 amide bonds. The van der Waals surface area contributed by atoms with E-state index in [4.69, 9.17) is 4.74 Å². The molecule has 2 fully saturated rings. The summed E-state index contributed by atoms with van der Waals surface area (Å²) in [4.78, 5) is 4.69. The average molecular weight is 252 g/mol. The zero-order valence-corrected chi connectivity index (χ0v) is 12.1. The smallest absolute Gasteiger partial charge is 0.272 e. The largest absolute Gasteiger partial charge is 0.378 e. The lowest BCUT2D eigenvalue weighted by atomic mass is 10.2. The van der Waals surface area contributed by atoms with Gasteiger partial charge in [-0.15, -0.1) is 0 Å². The summed E-state index contributed by atoms with van der Waals surface area (Å²) < 4.78 is 7.64. The zero-order valence-electron chi connectivity index (χ0n) is 12.1. The van der Waals surface area contributed by atoms with Crippen molar-refractivity contribution in [3.8, 4) is 0 Å². The zero-order chi connectivity index (χ0) is 13.1. The normalized spacial score (nSPS) is 20.9. The van der Waals surface area contributed by atoms with Gasteiger partial charge in [0.15, 0.2) is 0 Å². The lowest BCUT2D eigenvalue weighted by Crippen LogP contribution is -2.37. The number of rotatable bonds is 3. The Balaban J connectivity index is 2.20. The molecule has 4 heteroatoms. The first-order chi connectivity index (χ1) is 8.59. The lowest BCUT2D eigenvalue weighted by molar-refractivity contribution is -0.468. The molecule has 0 radical (unpaired) electrons. The molecule has 0 aromatic rings. The van der Waals surface area contributed by atoms with E-state index in [1.807, 2.05) is 0 Å². The van der Waals surface area contributed by atoms with Gasteiger partial charge in [-0.25, -0.2) is 0 Å². The Labute approximate surface area is 111 Å². The minimum absolute atomic E-state index is 0.776. The van der Waals surface area contributed by atoms with Crippen LogP contribution in [0.3, 0.4) is 0 Å². The Morgan fingerprint density at radius 2 is 1.83 bits per heavy atom. The maximum absolute atomic E-state index is 5.45. The summed E-state index contributed by atoms with van der Waals surface area (Å²) in [6.45, 7) is 3.81. The summed E-state index contributed by atoms with van der Waals surface area (Å²) in [6, 6.07) is 0. The fraction of sp³-hybridized carbons (Fsp3) is 0.786. The van der Waals surface area contributed by atoms with E-state index < -0.39 is 0 Å². The van der Waals surface area contributed by atoms with Gasteiger partial charge in [0.05, 0.1) is 41.4 Å². The van der Waals surface area contributed by atoms with Crippen LogP contribution in [0.2, 0.25) is 0 Å². The summed E-state index contributed by atoms with van der Waals surface area (Å²) >= 11 is 0. The monoisotopic (exact) mass is 252 g/mol. The lowest BCUT2D eigenvalue weighted by Gasteiger charge is -2.31. The Kier molecular flexibility index (Phi) is 4.27. The van der Waals surface area contributed by atoms with Crippen LogP contribution < -0.4 is 0 Å². The number of amidine groups is 1. The molecule has 1 aliphatic heterocycles. The third kappa shape index (κ3) is 3.25. The maximum Gasteiger partial charge on any atom is 0.272 e. The average Bonchev–Trinajstić information content (AvgIpc) is 3.14. The molecule has 0 aromatic heterocycles. The highest BCUT2D eigenvalue weighted by Gasteiger charge is 2.31. The number of hydrogen-bond acceptors (Lipinski definition) is 2. The molecule has 0 aromatic carbocycles. The molecule has 1 heterocycles. The van der Waals surface area contributed by atoms with Crippen LogP contribution in [-0.2, 0) is 4.74 Å². The topological polar surface area (TPSA) is 18.7 Å². The minimum atomic E-state index is 0.776. The molecule has 0 unspecified atom stereocenters. The van der Waals surface area contributed by atoms with Gasteiger partial charge < -0.3 is 9.64 Å². The van der Waals surface area contributed by atoms with E-state index in [2.05, 4.69) is 48.6 Å². The Morgan fingerprint density at radius 1 is 1.22 bits per heavy atom. The van der Waals surface area contributed by atoms with Gasteiger partial charge in [-0.1, -0.05) is 0 Å². The van der Waals surface area contributed by atoms with E-state index in [1.54, 1.807) is 0 Å². The van der Waals surface area contributed by atoms with Gasteiger partial charge in [-0.05, 0) is 18.8 Å². The van der Waals surface area contributed by atoms with E-state index in [0.717, 1.165) is 32.2 Å². The molecule has 102 valence electrons. The summed E-state index contributed by atoms with van der Waals surface area (Å²) in [5.74, 6) is 2.04. The van der Waals surface area contributed by atoms with Crippen LogP contribution in [0.15, 0.2) is 11.8 Å². The summed E-state index contributed by atoms with van der Waals surface area (Å²) in [5, 5.41) is 0. The number of likely N-dealkylation sites (N-methyl/N-ethyl adjacent to an activating group) is 1. The van der Waals surface area contributed by atoms with Gasteiger partial charge >= 0.3 is 0 Å².